The van der Waals surface area contributed by atoms with Gasteiger partial charge in [-0.2, -0.15) is 0 Å². The molecule has 2 atom stereocenters. The predicted octanol–water partition coefficient (Wildman–Crippen LogP) is 2.76. The minimum atomic E-state index is -0.0367. The van der Waals surface area contributed by atoms with Gasteiger partial charge in [0.2, 0.25) is 5.91 Å². The standard InChI is InChI=1S/C12H22ClNO/c1-9(7-13)11(15)14-6-5-10(8-14)12(2,3)4/h9-10H,5-8H2,1-4H3. The molecule has 1 amide bonds. The zero-order chi connectivity index (χ0) is 11.6. The lowest BCUT2D eigenvalue weighted by Crippen LogP contribution is -2.35. The Morgan fingerprint density at radius 2 is 2.13 bits per heavy atom. The maximum absolute atomic E-state index is 11.9. The van der Waals surface area contributed by atoms with E-state index in [4.69, 9.17) is 11.6 Å². The fraction of sp³-hybridized carbons (Fsp3) is 0.917. The van der Waals surface area contributed by atoms with E-state index in [2.05, 4.69) is 20.8 Å². The normalized spacial score (nSPS) is 24.3. The van der Waals surface area contributed by atoms with E-state index in [1.807, 2.05) is 11.8 Å². The third kappa shape index (κ3) is 3.10. The van der Waals surface area contributed by atoms with Gasteiger partial charge in [0.05, 0.1) is 0 Å². The molecule has 2 unspecified atom stereocenters. The van der Waals surface area contributed by atoms with Gasteiger partial charge < -0.3 is 4.90 Å². The van der Waals surface area contributed by atoms with Gasteiger partial charge in [-0.3, -0.25) is 4.79 Å². The molecule has 0 saturated carbocycles. The van der Waals surface area contributed by atoms with Crippen LogP contribution >= 0.6 is 11.6 Å². The number of alkyl halides is 1. The van der Waals surface area contributed by atoms with Crippen molar-refractivity contribution >= 4 is 17.5 Å². The van der Waals surface area contributed by atoms with Crippen LogP contribution in [0, 0.1) is 17.3 Å². The van der Waals surface area contributed by atoms with Crippen LogP contribution in [0.1, 0.15) is 34.1 Å². The second-order valence-corrected chi connectivity index (χ2v) is 6.00. The molecule has 0 bridgehead atoms. The fourth-order valence-corrected chi connectivity index (χ4v) is 2.18. The maximum atomic E-state index is 11.9. The van der Waals surface area contributed by atoms with Crippen molar-refractivity contribution in [2.75, 3.05) is 19.0 Å². The van der Waals surface area contributed by atoms with Gasteiger partial charge in [0, 0.05) is 24.9 Å². The highest BCUT2D eigenvalue weighted by Crippen LogP contribution is 2.33. The van der Waals surface area contributed by atoms with Crippen molar-refractivity contribution < 1.29 is 4.79 Å². The number of rotatable bonds is 2. The summed E-state index contributed by atoms with van der Waals surface area (Å²) in [4.78, 5) is 13.9. The van der Waals surface area contributed by atoms with Gasteiger partial charge in [0.25, 0.3) is 0 Å². The minimum absolute atomic E-state index is 0.0367. The van der Waals surface area contributed by atoms with Crippen LogP contribution in [-0.4, -0.2) is 29.8 Å². The third-order valence-electron chi connectivity index (χ3n) is 3.38. The molecule has 88 valence electrons. The smallest absolute Gasteiger partial charge is 0.226 e. The number of nitrogens with zero attached hydrogens (tertiary/aromatic N) is 1. The summed E-state index contributed by atoms with van der Waals surface area (Å²) in [6.45, 7) is 10.5. The summed E-state index contributed by atoms with van der Waals surface area (Å²) in [6, 6.07) is 0. The molecular formula is C12H22ClNO. The SMILES string of the molecule is CC(CCl)C(=O)N1CCC(C(C)(C)C)C1. The number of amides is 1. The van der Waals surface area contributed by atoms with Gasteiger partial charge >= 0.3 is 0 Å². The summed E-state index contributed by atoms with van der Waals surface area (Å²) in [5.41, 5.74) is 0.305. The molecule has 0 aromatic carbocycles. The van der Waals surface area contributed by atoms with Crippen molar-refractivity contribution in [2.45, 2.75) is 34.1 Å². The Morgan fingerprint density at radius 1 is 1.53 bits per heavy atom. The van der Waals surface area contributed by atoms with E-state index >= 15 is 0 Å². The molecule has 0 aromatic heterocycles. The highest BCUT2D eigenvalue weighted by molar-refractivity contribution is 6.19. The summed E-state index contributed by atoms with van der Waals surface area (Å²) in [5.74, 6) is 1.24. The van der Waals surface area contributed by atoms with E-state index < -0.39 is 0 Å². The molecule has 3 heteroatoms. The number of hydrogen-bond acceptors (Lipinski definition) is 1. The number of carbonyl (C=O) groups excluding carboxylic acids is 1. The van der Waals surface area contributed by atoms with Gasteiger partial charge in [-0.25, -0.2) is 0 Å². The van der Waals surface area contributed by atoms with Crippen LogP contribution in [0.3, 0.4) is 0 Å². The molecule has 0 aliphatic carbocycles. The summed E-state index contributed by atoms with van der Waals surface area (Å²) in [7, 11) is 0. The molecule has 1 rings (SSSR count). The molecule has 15 heavy (non-hydrogen) atoms. The van der Waals surface area contributed by atoms with Crippen LogP contribution in [0.15, 0.2) is 0 Å². The molecule has 1 heterocycles. The van der Waals surface area contributed by atoms with Crippen LogP contribution in [-0.2, 0) is 4.79 Å². The number of hydrogen-bond donors (Lipinski definition) is 0. The van der Waals surface area contributed by atoms with Crippen LogP contribution < -0.4 is 0 Å². The topological polar surface area (TPSA) is 20.3 Å². The monoisotopic (exact) mass is 231 g/mol. The first-order valence-corrected chi connectivity index (χ1v) is 6.24. The first kappa shape index (κ1) is 12.8. The van der Waals surface area contributed by atoms with E-state index in [1.165, 1.54) is 0 Å². The Hall–Kier alpha value is -0.240. The Balaban J connectivity index is 2.53. The average molecular weight is 232 g/mol. The van der Waals surface area contributed by atoms with Crippen molar-refractivity contribution in [1.82, 2.24) is 4.90 Å². The first-order chi connectivity index (χ1) is 6.86. The van der Waals surface area contributed by atoms with Crippen molar-refractivity contribution in [2.24, 2.45) is 17.3 Å². The van der Waals surface area contributed by atoms with E-state index in [1.54, 1.807) is 0 Å². The van der Waals surface area contributed by atoms with Gasteiger partial charge in [0.15, 0.2) is 0 Å². The van der Waals surface area contributed by atoms with E-state index in [0.29, 0.717) is 17.2 Å². The van der Waals surface area contributed by atoms with Gasteiger partial charge in [-0.15, -0.1) is 11.6 Å². The summed E-state index contributed by atoms with van der Waals surface area (Å²) >= 11 is 5.70. The summed E-state index contributed by atoms with van der Waals surface area (Å²) < 4.78 is 0. The second-order valence-electron chi connectivity index (χ2n) is 5.69. The molecule has 0 spiro atoms. The molecule has 1 aliphatic heterocycles. The maximum Gasteiger partial charge on any atom is 0.226 e. The van der Waals surface area contributed by atoms with Crippen molar-refractivity contribution in [3.8, 4) is 0 Å². The zero-order valence-corrected chi connectivity index (χ0v) is 11.0. The van der Waals surface area contributed by atoms with Crippen molar-refractivity contribution in [1.29, 1.82) is 0 Å². The lowest BCUT2D eigenvalue weighted by atomic mass is 9.80. The quantitative estimate of drug-likeness (QED) is 0.670. The predicted molar refractivity (Wildman–Crippen MR) is 64.0 cm³/mol. The Labute approximate surface area is 98.0 Å². The molecule has 1 saturated heterocycles. The van der Waals surface area contributed by atoms with E-state index in [9.17, 15) is 4.79 Å². The average Bonchev–Trinajstić information content (AvgIpc) is 2.63. The Morgan fingerprint density at radius 3 is 2.53 bits per heavy atom. The third-order valence-corrected chi connectivity index (χ3v) is 3.84. The Bertz CT molecular complexity index is 234. The van der Waals surface area contributed by atoms with E-state index in [-0.39, 0.29) is 11.8 Å². The molecule has 0 aromatic rings. The molecule has 1 fully saturated rings. The first-order valence-electron chi connectivity index (χ1n) is 5.71. The molecule has 0 N–H and O–H groups in total. The number of carbonyl (C=O) groups is 1. The van der Waals surface area contributed by atoms with Crippen LogP contribution in [0.2, 0.25) is 0 Å². The van der Waals surface area contributed by atoms with Crippen molar-refractivity contribution in [3.05, 3.63) is 0 Å². The Kier molecular flexibility index (Phi) is 4.05. The van der Waals surface area contributed by atoms with E-state index in [0.717, 1.165) is 19.5 Å². The largest absolute Gasteiger partial charge is 0.342 e. The highest BCUT2D eigenvalue weighted by Gasteiger charge is 2.34. The zero-order valence-electron chi connectivity index (χ0n) is 10.2. The molecular weight excluding hydrogens is 210 g/mol. The van der Waals surface area contributed by atoms with Crippen LogP contribution in [0.4, 0.5) is 0 Å². The lowest BCUT2D eigenvalue weighted by Gasteiger charge is -2.27. The van der Waals surface area contributed by atoms with Gasteiger partial charge in [0.1, 0.15) is 0 Å². The fourth-order valence-electron chi connectivity index (χ4n) is 2.04. The number of halogens is 1. The molecule has 2 nitrogen and oxygen atoms in total. The molecule has 0 radical (unpaired) electrons. The molecule has 1 aliphatic rings. The van der Waals surface area contributed by atoms with Crippen LogP contribution in [0.25, 0.3) is 0 Å². The lowest BCUT2D eigenvalue weighted by molar-refractivity contribution is -0.133. The summed E-state index contributed by atoms with van der Waals surface area (Å²) in [6.07, 6.45) is 1.13. The highest BCUT2D eigenvalue weighted by atomic mass is 35.5. The minimum Gasteiger partial charge on any atom is -0.342 e. The number of likely N-dealkylation sites (tertiary alicyclic amines) is 1. The van der Waals surface area contributed by atoms with Crippen LogP contribution in [0.5, 0.6) is 0 Å². The second kappa shape index (κ2) is 4.73. The van der Waals surface area contributed by atoms with Gasteiger partial charge in [-0.05, 0) is 17.8 Å². The van der Waals surface area contributed by atoms with Gasteiger partial charge in [-0.1, -0.05) is 27.7 Å². The summed E-state index contributed by atoms with van der Waals surface area (Å²) in [5, 5.41) is 0. The van der Waals surface area contributed by atoms with Crippen molar-refractivity contribution in [3.63, 3.8) is 0 Å².